The maximum atomic E-state index is 9.43. The number of aromatic nitrogens is 1. The van der Waals surface area contributed by atoms with E-state index in [9.17, 15) is 5.11 Å². The first-order valence-corrected chi connectivity index (χ1v) is 6.36. The van der Waals surface area contributed by atoms with E-state index in [2.05, 4.69) is 39.0 Å². The highest BCUT2D eigenvalue weighted by Gasteiger charge is 2.09. The number of hydrogen-bond acceptors (Lipinski definition) is 4. The zero-order chi connectivity index (χ0) is 13.1. The molecule has 0 unspecified atom stereocenters. The average molecular weight is 372 g/mol. The van der Waals surface area contributed by atoms with Crippen molar-refractivity contribution in [3.63, 3.8) is 0 Å². The maximum Gasteiger partial charge on any atom is 0.117 e. The fourth-order valence-electron chi connectivity index (χ4n) is 1.39. The van der Waals surface area contributed by atoms with Crippen LogP contribution in [0.2, 0.25) is 5.02 Å². The van der Waals surface area contributed by atoms with Crippen LogP contribution in [-0.4, -0.2) is 10.1 Å². The second-order valence-corrected chi connectivity index (χ2v) is 5.01. The summed E-state index contributed by atoms with van der Waals surface area (Å²) in [6.45, 7) is 0. The summed E-state index contributed by atoms with van der Waals surface area (Å²) in [5.41, 5.74) is 1.58. The van der Waals surface area contributed by atoms with Gasteiger partial charge in [-0.3, -0.25) is 4.98 Å². The summed E-state index contributed by atoms with van der Waals surface area (Å²) in [5.74, 6) is 0.101. The lowest BCUT2D eigenvalue weighted by atomic mass is 10.2. The molecule has 0 aliphatic heterocycles. The summed E-state index contributed by atoms with van der Waals surface area (Å²) in [4.78, 5) is 3.94. The number of aromatic hydroxyl groups is 1. The average Bonchev–Trinajstić information content (AvgIpc) is 2.36. The van der Waals surface area contributed by atoms with E-state index in [1.165, 1.54) is 18.3 Å². The third kappa shape index (κ3) is 2.66. The minimum Gasteiger partial charge on any atom is -0.508 e. The highest BCUT2D eigenvalue weighted by molar-refractivity contribution is 14.1. The minimum absolute atomic E-state index is 0.101. The molecule has 0 saturated heterocycles. The van der Waals surface area contributed by atoms with Gasteiger partial charge in [-0.25, -0.2) is 0 Å². The second-order valence-electron chi connectivity index (χ2n) is 3.44. The van der Waals surface area contributed by atoms with Crippen LogP contribution < -0.4 is 5.32 Å². The third-order valence-electron chi connectivity index (χ3n) is 2.23. The Kier molecular flexibility index (Phi) is 3.89. The molecule has 1 heterocycles. The van der Waals surface area contributed by atoms with E-state index in [0.29, 0.717) is 22.0 Å². The molecular weight excluding hydrogens is 365 g/mol. The first kappa shape index (κ1) is 12.9. The molecule has 6 heteroatoms. The van der Waals surface area contributed by atoms with E-state index < -0.39 is 0 Å². The predicted molar refractivity (Wildman–Crippen MR) is 78.1 cm³/mol. The third-order valence-corrected chi connectivity index (χ3v) is 3.38. The number of halogens is 2. The standard InChI is InChI=1S/C12H7ClIN3O/c13-9-2-1-8(18)3-11(9)17-12-7(4-15)5-16-6-10(12)14/h1-3,5-6,18H,(H,16,17). The monoisotopic (exact) mass is 371 g/mol. The molecule has 90 valence electrons. The van der Waals surface area contributed by atoms with Crippen LogP contribution >= 0.6 is 34.2 Å². The number of nitriles is 1. The summed E-state index contributed by atoms with van der Waals surface area (Å²) >= 11 is 8.09. The predicted octanol–water partition coefficient (Wildman–Crippen LogP) is 3.66. The van der Waals surface area contributed by atoms with E-state index in [-0.39, 0.29) is 5.75 Å². The number of nitrogens with one attached hydrogen (secondary N) is 1. The van der Waals surface area contributed by atoms with Gasteiger partial charge in [0.2, 0.25) is 0 Å². The SMILES string of the molecule is N#Cc1cncc(I)c1Nc1cc(O)ccc1Cl. The van der Waals surface area contributed by atoms with E-state index in [1.54, 1.807) is 12.3 Å². The minimum atomic E-state index is 0.101. The number of anilines is 2. The van der Waals surface area contributed by atoms with Gasteiger partial charge in [0.05, 0.1) is 25.5 Å². The van der Waals surface area contributed by atoms with Crippen LogP contribution in [0.15, 0.2) is 30.6 Å². The van der Waals surface area contributed by atoms with Crippen molar-refractivity contribution in [2.45, 2.75) is 0 Å². The van der Waals surface area contributed by atoms with Gasteiger partial charge < -0.3 is 10.4 Å². The lowest BCUT2D eigenvalue weighted by molar-refractivity contribution is 0.475. The first-order valence-electron chi connectivity index (χ1n) is 4.91. The summed E-state index contributed by atoms with van der Waals surface area (Å²) in [6.07, 6.45) is 3.11. The molecule has 0 amide bonds. The molecule has 4 nitrogen and oxygen atoms in total. The van der Waals surface area contributed by atoms with E-state index in [1.807, 2.05) is 0 Å². The van der Waals surface area contributed by atoms with Crippen LogP contribution in [0.5, 0.6) is 5.75 Å². The van der Waals surface area contributed by atoms with E-state index in [4.69, 9.17) is 16.9 Å². The van der Waals surface area contributed by atoms with Crippen molar-refractivity contribution < 1.29 is 5.11 Å². The van der Waals surface area contributed by atoms with E-state index >= 15 is 0 Å². The molecular formula is C12H7ClIN3O. The lowest BCUT2D eigenvalue weighted by Crippen LogP contribution is -1.98. The van der Waals surface area contributed by atoms with Gasteiger partial charge in [0.15, 0.2) is 0 Å². The Hall–Kier alpha value is -1.52. The Morgan fingerprint density at radius 3 is 2.89 bits per heavy atom. The largest absolute Gasteiger partial charge is 0.508 e. The molecule has 2 N–H and O–H groups in total. The van der Waals surface area contributed by atoms with Crippen LogP contribution in [0.25, 0.3) is 0 Å². The van der Waals surface area contributed by atoms with Crippen molar-refractivity contribution in [3.8, 4) is 11.8 Å². The second kappa shape index (κ2) is 5.42. The van der Waals surface area contributed by atoms with Gasteiger partial charge >= 0.3 is 0 Å². The first-order chi connectivity index (χ1) is 8.61. The van der Waals surface area contributed by atoms with Gasteiger partial charge in [-0.1, -0.05) is 11.6 Å². The number of pyridine rings is 1. The number of benzene rings is 1. The van der Waals surface area contributed by atoms with Gasteiger partial charge in [0.1, 0.15) is 11.8 Å². The molecule has 18 heavy (non-hydrogen) atoms. The number of rotatable bonds is 2. The van der Waals surface area contributed by atoms with Crippen molar-refractivity contribution in [2.75, 3.05) is 5.32 Å². The maximum absolute atomic E-state index is 9.43. The zero-order valence-electron chi connectivity index (χ0n) is 8.98. The van der Waals surface area contributed by atoms with Gasteiger partial charge in [0, 0.05) is 18.5 Å². The smallest absolute Gasteiger partial charge is 0.117 e. The summed E-state index contributed by atoms with van der Waals surface area (Å²) in [7, 11) is 0. The molecule has 0 fully saturated rings. The van der Waals surface area contributed by atoms with Gasteiger partial charge in [0.25, 0.3) is 0 Å². The topological polar surface area (TPSA) is 68.9 Å². The van der Waals surface area contributed by atoms with E-state index in [0.717, 1.165) is 3.57 Å². The molecule has 0 atom stereocenters. The molecule has 0 bridgehead atoms. The molecule has 0 radical (unpaired) electrons. The fraction of sp³-hybridized carbons (Fsp3) is 0. The van der Waals surface area contributed by atoms with Crippen LogP contribution in [0.1, 0.15) is 5.56 Å². The summed E-state index contributed by atoms with van der Waals surface area (Å²) < 4.78 is 0.797. The van der Waals surface area contributed by atoms with Gasteiger partial charge in [-0.2, -0.15) is 5.26 Å². The van der Waals surface area contributed by atoms with Crippen molar-refractivity contribution in [1.29, 1.82) is 5.26 Å². The van der Waals surface area contributed by atoms with Crippen LogP contribution in [0.3, 0.4) is 0 Å². The fourth-order valence-corrected chi connectivity index (χ4v) is 2.14. The van der Waals surface area contributed by atoms with Gasteiger partial charge in [-0.05, 0) is 34.7 Å². The molecule has 0 spiro atoms. The van der Waals surface area contributed by atoms with Crippen molar-refractivity contribution >= 4 is 45.6 Å². The van der Waals surface area contributed by atoms with Crippen LogP contribution in [0.4, 0.5) is 11.4 Å². The number of nitrogens with zero attached hydrogens (tertiary/aromatic N) is 2. The number of phenolic OH excluding ortho intramolecular Hbond substituents is 1. The quantitative estimate of drug-likeness (QED) is 0.791. The highest BCUT2D eigenvalue weighted by atomic mass is 127. The Labute approximate surface area is 122 Å². The van der Waals surface area contributed by atoms with Crippen LogP contribution in [-0.2, 0) is 0 Å². The zero-order valence-corrected chi connectivity index (χ0v) is 11.9. The van der Waals surface area contributed by atoms with Crippen molar-refractivity contribution in [2.24, 2.45) is 0 Å². The highest BCUT2D eigenvalue weighted by Crippen LogP contribution is 2.31. The molecule has 0 aliphatic carbocycles. The Morgan fingerprint density at radius 2 is 2.17 bits per heavy atom. The molecule has 1 aromatic heterocycles. The number of phenols is 1. The van der Waals surface area contributed by atoms with Crippen molar-refractivity contribution in [3.05, 3.63) is 44.7 Å². The summed E-state index contributed by atoms with van der Waals surface area (Å²) in [5, 5.41) is 22.0. The summed E-state index contributed by atoms with van der Waals surface area (Å²) in [6, 6.07) is 6.63. The Morgan fingerprint density at radius 1 is 1.39 bits per heavy atom. The molecule has 0 aliphatic rings. The molecule has 2 rings (SSSR count). The number of hydrogen-bond donors (Lipinski definition) is 2. The molecule has 1 aromatic carbocycles. The van der Waals surface area contributed by atoms with Gasteiger partial charge in [-0.15, -0.1) is 0 Å². The lowest BCUT2D eigenvalue weighted by Gasteiger charge is -2.11. The Balaban J connectivity index is 2.46. The molecule has 2 aromatic rings. The van der Waals surface area contributed by atoms with Crippen molar-refractivity contribution in [1.82, 2.24) is 4.98 Å². The normalized spacial score (nSPS) is 9.83. The molecule has 0 saturated carbocycles. The Bertz CT molecular complexity index is 640. The van der Waals surface area contributed by atoms with Crippen LogP contribution in [0, 0.1) is 14.9 Å².